The lowest BCUT2D eigenvalue weighted by atomic mass is 9.88. The quantitative estimate of drug-likeness (QED) is 0.787. The van der Waals surface area contributed by atoms with Crippen LogP contribution in [0.5, 0.6) is 0 Å². The maximum Gasteiger partial charge on any atom is 0.263 e. The molecule has 2 aromatic rings. The van der Waals surface area contributed by atoms with Crippen molar-refractivity contribution < 1.29 is 4.79 Å². The van der Waals surface area contributed by atoms with Crippen molar-refractivity contribution >= 4 is 28.1 Å². The second kappa shape index (κ2) is 7.31. The Hall–Kier alpha value is -2.08. The molecule has 1 aromatic carbocycles. The highest BCUT2D eigenvalue weighted by molar-refractivity contribution is 7.17. The van der Waals surface area contributed by atoms with Crippen LogP contribution < -0.4 is 15.5 Å². The molecule has 6 heteroatoms. The fourth-order valence-corrected chi connectivity index (χ4v) is 6.16. The maximum absolute atomic E-state index is 12.6. The lowest BCUT2D eigenvalue weighted by Gasteiger charge is -2.37. The van der Waals surface area contributed by atoms with E-state index in [1.54, 1.807) is 11.3 Å². The lowest BCUT2D eigenvalue weighted by Crippen LogP contribution is -2.40. The summed E-state index contributed by atoms with van der Waals surface area (Å²) in [6.45, 7) is 7.19. The van der Waals surface area contributed by atoms with E-state index in [-0.39, 0.29) is 11.3 Å². The van der Waals surface area contributed by atoms with Gasteiger partial charge in [-0.2, -0.15) is 0 Å². The van der Waals surface area contributed by atoms with Gasteiger partial charge in [0, 0.05) is 37.3 Å². The zero-order valence-corrected chi connectivity index (χ0v) is 18.1. The van der Waals surface area contributed by atoms with Crippen LogP contribution in [0.2, 0.25) is 0 Å². The Morgan fingerprint density at radius 1 is 1.24 bits per heavy atom. The van der Waals surface area contributed by atoms with E-state index in [0.717, 1.165) is 41.6 Å². The first-order chi connectivity index (χ1) is 14.0. The second-order valence-corrected chi connectivity index (χ2v) is 10.5. The molecular weight excluding hydrogens is 380 g/mol. The van der Waals surface area contributed by atoms with Gasteiger partial charge in [0.1, 0.15) is 4.88 Å². The van der Waals surface area contributed by atoms with Crippen LogP contribution in [0.4, 0.5) is 10.8 Å². The van der Waals surface area contributed by atoms with Crippen molar-refractivity contribution in [2.45, 2.75) is 57.9 Å². The van der Waals surface area contributed by atoms with E-state index in [9.17, 15) is 4.79 Å². The number of aromatic nitrogens is 1. The summed E-state index contributed by atoms with van der Waals surface area (Å²) in [7, 11) is 0. The Morgan fingerprint density at radius 3 is 3.00 bits per heavy atom. The van der Waals surface area contributed by atoms with E-state index in [0.29, 0.717) is 18.5 Å². The fourth-order valence-electron chi connectivity index (χ4n) is 5.07. The summed E-state index contributed by atoms with van der Waals surface area (Å²) in [6, 6.07) is 9.20. The Morgan fingerprint density at radius 2 is 2.10 bits per heavy atom. The average molecular weight is 411 g/mol. The Bertz CT molecular complexity index is 921. The largest absolute Gasteiger partial charge is 0.384 e. The molecular formula is C23H30N4OS. The topological polar surface area (TPSA) is 57.3 Å². The number of fused-ring (bicyclic) bond motifs is 2. The van der Waals surface area contributed by atoms with E-state index in [2.05, 4.69) is 53.6 Å². The smallest absolute Gasteiger partial charge is 0.263 e. The number of hydrogen-bond donors (Lipinski definition) is 2. The number of para-hydroxylation sites is 1. The molecule has 4 heterocycles. The zero-order chi connectivity index (χ0) is 20.0. The Labute approximate surface area is 176 Å². The molecule has 1 saturated heterocycles. The molecule has 1 aromatic heterocycles. The normalized spacial score (nSPS) is 25.6. The molecule has 1 amide bonds. The van der Waals surface area contributed by atoms with Crippen molar-refractivity contribution in [2.75, 3.05) is 29.9 Å². The molecule has 2 atom stereocenters. The van der Waals surface area contributed by atoms with Crippen molar-refractivity contribution in [3.8, 4) is 0 Å². The number of piperidine rings is 1. The van der Waals surface area contributed by atoms with Crippen LogP contribution in [-0.4, -0.2) is 36.6 Å². The van der Waals surface area contributed by atoms with E-state index in [1.165, 1.54) is 30.5 Å². The number of amides is 1. The Balaban J connectivity index is 1.40. The van der Waals surface area contributed by atoms with Gasteiger partial charge in [-0.05, 0) is 49.1 Å². The molecule has 154 valence electrons. The highest BCUT2D eigenvalue weighted by Gasteiger charge is 2.34. The summed E-state index contributed by atoms with van der Waals surface area (Å²) >= 11 is 1.60. The van der Waals surface area contributed by atoms with E-state index < -0.39 is 0 Å². The number of carbonyl (C=O) groups excluding carboxylic acids is 1. The SMILES string of the molecule is CC1(C)CNC(=O)c2sc(N3CCCC[C@@H]3CC3CNc4ccccc43)nc2C1. The molecule has 29 heavy (non-hydrogen) atoms. The minimum absolute atomic E-state index is 0.0484. The van der Waals surface area contributed by atoms with Gasteiger partial charge in [0.05, 0.1) is 5.69 Å². The van der Waals surface area contributed by atoms with Gasteiger partial charge in [0.2, 0.25) is 0 Å². The summed E-state index contributed by atoms with van der Waals surface area (Å²) < 4.78 is 0. The van der Waals surface area contributed by atoms with Crippen molar-refractivity contribution in [3.63, 3.8) is 0 Å². The summed E-state index contributed by atoms with van der Waals surface area (Å²) in [6.07, 6.45) is 5.70. The standard InChI is InChI=1S/C23H30N4OS/c1-23(2)12-19-20(21(28)25-14-23)29-22(26-19)27-10-6-5-7-16(27)11-15-13-24-18-9-4-3-8-17(15)18/h3-4,8-9,15-16,24H,5-7,10-14H2,1-2H3,(H,25,28)/t15?,16-/m1/s1. The highest BCUT2D eigenvalue weighted by atomic mass is 32.1. The number of carbonyl (C=O) groups is 1. The molecule has 0 radical (unpaired) electrons. The minimum Gasteiger partial charge on any atom is -0.384 e. The van der Waals surface area contributed by atoms with Crippen molar-refractivity contribution in [1.82, 2.24) is 10.3 Å². The van der Waals surface area contributed by atoms with Gasteiger partial charge in [0.25, 0.3) is 5.91 Å². The van der Waals surface area contributed by atoms with Gasteiger partial charge in [-0.3, -0.25) is 4.79 Å². The number of nitrogens with zero attached hydrogens (tertiary/aromatic N) is 2. The van der Waals surface area contributed by atoms with Crippen LogP contribution in [0, 0.1) is 5.41 Å². The maximum atomic E-state index is 12.6. The summed E-state index contributed by atoms with van der Waals surface area (Å²) in [5, 5.41) is 7.71. The van der Waals surface area contributed by atoms with Crippen molar-refractivity contribution in [1.29, 1.82) is 0 Å². The van der Waals surface area contributed by atoms with Gasteiger partial charge in [-0.25, -0.2) is 4.98 Å². The first-order valence-electron chi connectivity index (χ1n) is 10.9. The third-order valence-electron chi connectivity index (χ3n) is 6.63. The van der Waals surface area contributed by atoms with E-state index in [4.69, 9.17) is 4.98 Å². The number of rotatable bonds is 3. The van der Waals surface area contributed by atoms with Crippen LogP contribution in [-0.2, 0) is 6.42 Å². The minimum atomic E-state index is 0.0484. The van der Waals surface area contributed by atoms with Gasteiger partial charge in [-0.15, -0.1) is 0 Å². The number of thiazole rings is 1. The number of anilines is 2. The zero-order valence-electron chi connectivity index (χ0n) is 17.3. The molecule has 3 aliphatic rings. The van der Waals surface area contributed by atoms with Crippen LogP contribution in [0.15, 0.2) is 24.3 Å². The van der Waals surface area contributed by atoms with Gasteiger partial charge >= 0.3 is 0 Å². The van der Waals surface area contributed by atoms with Crippen LogP contribution in [0.25, 0.3) is 0 Å². The molecule has 5 nitrogen and oxygen atoms in total. The predicted molar refractivity (Wildman–Crippen MR) is 119 cm³/mol. The molecule has 0 spiro atoms. The number of nitrogens with one attached hydrogen (secondary N) is 2. The summed E-state index contributed by atoms with van der Waals surface area (Å²) in [5.74, 6) is 0.605. The van der Waals surface area contributed by atoms with Crippen molar-refractivity contribution in [2.24, 2.45) is 5.41 Å². The monoisotopic (exact) mass is 410 g/mol. The molecule has 2 N–H and O–H groups in total. The van der Waals surface area contributed by atoms with Crippen LogP contribution in [0.1, 0.15) is 66.4 Å². The highest BCUT2D eigenvalue weighted by Crippen LogP contribution is 2.40. The van der Waals surface area contributed by atoms with Crippen LogP contribution in [0.3, 0.4) is 0 Å². The van der Waals surface area contributed by atoms with E-state index in [1.807, 2.05) is 0 Å². The average Bonchev–Trinajstić information content (AvgIpc) is 3.28. The van der Waals surface area contributed by atoms with Gasteiger partial charge in [0.15, 0.2) is 5.13 Å². The summed E-state index contributed by atoms with van der Waals surface area (Å²) in [4.78, 5) is 21.0. The third kappa shape index (κ3) is 3.63. The van der Waals surface area contributed by atoms with E-state index >= 15 is 0 Å². The molecule has 0 saturated carbocycles. The molecule has 1 fully saturated rings. The molecule has 0 bridgehead atoms. The number of hydrogen-bond acceptors (Lipinski definition) is 5. The molecule has 5 rings (SSSR count). The predicted octanol–water partition coefficient (Wildman–Crippen LogP) is 4.41. The number of benzene rings is 1. The van der Waals surface area contributed by atoms with Gasteiger partial charge < -0.3 is 15.5 Å². The fraction of sp³-hybridized carbons (Fsp3) is 0.565. The lowest BCUT2D eigenvalue weighted by molar-refractivity contribution is 0.0948. The molecule has 1 unspecified atom stereocenters. The molecule has 0 aliphatic carbocycles. The molecule has 3 aliphatic heterocycles. The van der Waals surface area contributed by atoms with Gasteiger partial charge in [-0.1, -0.05) is 43.4 Å². The second-order valence-electron chi connectivity index (χ2n) is 9.54. The summed E-state index contributed by atoms with van der Waals surface area (Å²) in [5.41, 5.74) is 3.78. The third-order valence-corrected chi connectivity index (χ3v) is 7.77. The van der Waals surface area contributed by atoms with Crippen LogP contribution >= 0.6 is 11.3 Å². The Kier molecular flexibility index (Phi) is 4.77. The van der Waals surface area contributed by atoms with Crippen molar-refractivity contribution in [3.05, 3.63) is 40.4 Å². The first-order valence-corrected chi connectivity index (χ1v) is 11.7. The first kappa shape index (κ1) is 18.9.